The van der Waals surface area contributed by atoms with Crippen molar-refractivity contribution in [2.24, 2.45) is 10.8 Å². The van der Waals surface area contributed by atoms with Crippen molar-refractivity contribution in [3.63, 3.8) is 0 Å². The summed E-state index contributed by atoms with van der Waals surface area (Å²) in [6.07, 6.45) is 9.09. The molecule has 6 aliphatic rings. The number of unbranched alkanes of at least 4 members (excludes halogenated alkanes) is 3. The van der Waals surface area contributed by atoms with Gasteiger partial charge in [-0.2, -0.15) is 13.2 Å². The summed E-state index contributed by atoms with van der Waals surface area (Å²) in [7, 11) is -11.0. The summed E-state index contributed by atoms with van der Waals surface area (Å²) in [4.78, 5) is 86.6. The summed E-state index contributed by atoms with van der Waals surface area (Å²) in [6.45, 7) is 21.6. The molecule has 604 valence electrons. The van der Waals surface area contributed by atoms with Gasteiger partial charge in [-0.1, -0.05) is 112 Å². The lowest BCUT2D eigenvalue weighted by atomic mass is 9.71. The first kappa shape index (κ1) is 84.0. The average molecular weight is 1640 g/mol. The first-order valence-corrected chi connectivity index (χ1v) is 44.3. The molecule has 0 spiro atoms. The third kappa shape index (κ3) is 21.0. The highest BCUT2D eigenvalue weighted by molar-refractivity contribution is 7.99. The number of nitrogens with one attached hydrogen (secondary N) is 4. The number of rotatable bonds is 31. The first-order valence-electron chi connectivity index (χ1n) is 39.1. The van der Waals surface area contributed by atoms with Crippen LogP contribution in [0.1, 0.15) is 151 Å². The minimum Gasteiger partial charge on any atom is -0.380 e. The van der Waals surface area contributed by atoms with Crippen molar-refractivity contribution in [2.45, 2.75) is 181 Å². The van der Waals surface area contributed by atoms with Crippen LogP contribution in [0.15, 0.2) is 147 Å². The fourth-order valence-corrected chi connectivity index (χ4v) is 20.5. The number of fused-ring (bicyclic) bond motifs is 2. The molecule has 5 fully saturated rings. The van der Waals surface area contributed by atoms with E-state index in [1.54, 1.807) is 28.4 Å². The van der Waals surface area contributed by atoms with Crippen LogP contribution in [-0.2, 0) is 43.8 Å². The smallest absolute Gasteiger partial charge is 0.380 e. The Labute approximate surface area is 670 Å². The largest absolute Gasteiger partial charge is 0.501 e. The molecular formula is C83H105ClF3N11O10S4. The monoisotopic (exact) mass is 1640 g/mol. The first-order chi connectivity index (χ1) is 53.4. The number of allylic oxidation sites excluding steroid dienone is 1. The molecule has 7 atom stereocenters. The highest BCUT2D eigenvalue weighted by Gasteiger charge is 2.50. The topological polar surface area (TPSA) is 243 Å². The van der Waals surface area contributed by atoms with Crippen molar-refractivity contribution in [1.29, 1.82) is 0 Å². The number of carbonyl (C=O) groups is 5. The SMILES string of the molecule is Cc1ncsc1-c1ccc([C@H](C)NC(=O)[C@@H]2CCCN2C(=O)[C@@H](NC(=O)CCCCCCC(=O)N2C[C@@H]3C[C@H]2CN3CC2(C)CCC(c3ccc(Cl)cc3)=C(CN3CCN(c4ccc(C(=O)NS(=O)(=O)c5ccc(N[C@H](CCN6CCOCC6)CSc6ccccc6)c(S(=O)(=O)C(F)(F)F)c5)cc4)CC3)C2)C(C)(C)C)cc1. The van der Waals surface area contributed by atoms with E-state index < -0.39 is 70.3 Å². The zero-order chi connectivity index (χ0) is 79.7. The normalized spacial score (nSPS) is 21.1. The number of halogens is 4. The molecule has 112 heavy (non-hydrogen) atoms. The van der Waals surface area contributed by atoms with Crippen molar-refractivity contribution in [2.75, 3.05) is 108 Å². The number of morpholine rings is 1. The van der Waals surface area contributed by atoms with Crippen LogP contribution in [0.2, 0.25) is 5.02 Å². The van der Waals surface area contributed by atoms with E-state index in [9.17, 15) is 54.0 Å². The second-order valence-electron chi connectivity index (χ2n) is 32.2. The number of sulfonamides is 1. The Morgan fingerprint density at radius 2 is 1.47 bits per heavy atom. The quantitative estimate of drug-likeness (QED) is 0.0233. The predicted octanol–water partition coefficient (Wildman–Crippen LogP) is 13.3. The summed E-state index contributed by atoms with van der Waals surface area (Å²) < 4.78 is 105. The number of hydrogen-bond acceptors (Lipinski definition) is 18. The number of likely N-dealkylation sites (tertiary alicyclic amines) is 3. The molecule has 1 unspecified atom stereocenters. The summed E-state index contributed by atoms with van der Waals surface area (Å²) in [5.41, 5.74) is 2.70. The minimum atomic E-state index is -6.11. The summed E-state index contributed by atoms with van der Waals surface area (Å²) >= 11 is 9.45. The van der Waals surface area contributed by atoms with E-state index in [0.29, 0.717) is 108 Å². The van der Waals surface area contributed by atoms with E-state index in [-0.39, 0.29) is 59.2 Å². The molecule has 0 radical (unpaired) electrons. The number of piperazine rings is 2. The molecule has 0 saturated carbocycles. The van der Waals surface area contributed by atoms with Crippen LogP contribution in [0.3, 0.4) is 0 Å². The van der Waals surface area contributed by atoms with Crippen molar-refractivity contribution in [1.82, 2.24) is 44.8 Å². The zero-order valence-corrected chi connectivity index (χ0v) is 68.8. The Morgan fingerprint density at radius 1 is 0.777 bits per heavy atom. The predicted molar refractivity (Wildman–Crippen MR) is 434 cm³/mol. The maximum Gasteiger partial charge on any atom is 0.501 e. The summed E-state index contributed by atoms with van der Waals surface area (Å²) in [5, 5.41) is 9.88. The number of hydrogen-bond donors (Lipinski definition) is 4. The van der Waals surface area contributed by atoms with Crippen LogP contribution < -0.4 is 25.6 Å². The average Bonchev–Trinajstić information content (AvgIpc) is 1.24. The van der Waals surface area contributed by atoms with Gasteiger partial charge in [0.1, 0.15) is 17.0 Å². The Balaban J connectivity index is 0.588. The zero-order valence-electron chi connectivity index (χ0n) is 64.7. The molecule has 6 aromatic rings. The van der Waals surface area contributed by atoms with Crippen LogP contribution in [0.25, 0.3) is 16.0 Å². The van der Waals surface area contributed by atoms with Gasteiger partial charge in [0, 0.05) is 136 Å². The number of thiazole rings is 1. The van der Waals surface area contributed by atoms with Gasteiger partial charge in [0.05, 0.1) is 45.9 Å². The Bertz CT molecular complexity index is 4560. The van der Waals surface area contributed by atoms with E-state index in [2.05, 4.69) is 64.5 Å². The molecule has 2 bridgehead atoms. The number of thioether (sulfide) groups is 1. The van der Waals surface area contributed by atoms with Crippen LogP contribution in [0.5, 0.6) is 0 Å². The maximum absolute atomic E-state index is 14.4. The fourth-order valence-electron chi connectivity index (χ4n) is 16.6. The third-order valence-corrected chi connectivity index (χ3v) is 28.2. The van der Waals surface area contributed by atoms with Gasteiger partial charge in [-0.05, 0) is 171 Å². The molecular weight excluding hydrogens is 1530 g/mol. The molecule has 21 nitrogen and oxygen atoms in total. The number of ether oxygens (including phenoxy) is 1. The number of aromatic nitrogens is 1. The molecule has 29 heteroatoms. The number of aryl methyl sites for hydroxylation is 1. The van der Waals surface area contributed by atoms with Crippen LogP contribution in [0, 0.1) is 17.8 Å². The molecule has 6 heterocycles. The van der Waals surface area contributed by atoms with Crippen molar-refractivity contribution < 1.29 is 58.7 Å². The number of anilines is 2. The third-order valence-electron chi connectivity index (χ3n) is 22.9. The van der Waals surface area contributed by atoms with Gasteiger partial charge < -0.3 is 35.4 Å². The van der Waals surface area contributed by atoms with E-state index in [1.165, 1.54) is 35.0 Å². The molecule has 12 rings (SSSR count). The van der Waals surface area contributed by atoms with Gasteiger partial charge in [0.15, 0.2) is 0 Å². The van der Waals surface area contributed by atoms with Gasteiger partial charge in [0.25, 0.3) is 25.8 Å². The number of amides is 5. The molecule has 1 aromatic heterocycles. The van der Waals surface area contributed by atoms with Gasteiger partial charge in [-0.25, -0.2) is 26.5 Å². The second-order valence-corrected chi connectivity index (χ2v) is 38.2. The van der Waals surface area contributed by atoms with Crippen molar-refractivity contribution in [3.8, 4) is 10.4 Å². The number of sulfone groups is 1. The van der Waals surface area contributed by atoms with E-state index >= 15 is 0 Å². The maximum atomic E-state index is 14.4. The lowest BCUT2D eigenvalue weighted by Crippen LogP contribution is -2.57. The molecule has 5 amide bonds. The Morgan fingerprint density at radius 3 is 2.13 bits per heavy atom. The highest BCUT2D eigenvalue weighted by Crippen LogP contribution is 2.46. The van der Waals surface area contributed by atoms with E-state index in [0.717, 1.165) is 128 Å². The molecule has 1 aliphatic carbocycles. The number of nitrogens with zero attached hydrogens (tertiary/aromatic N) is 7. The second kappa shape index (κ2) is 36.6. The van der Waals surface area contributed by atoms with Crippen molar-refractivity contribution >= 4 is 101 Å². The number of alkyl halides is 3. The summed E-state index contributed by atoms with van der Waals surface area (Å²) in [5.74, 6) is -1.18. The molecule has 5 saturated heterocycles. The molecule has 4 N–H and O–H groups in total. The summed E-state index contributed by atoms with van der Waals surface area (Å²) in [6, 6.07) is 32.6. The highest BCUT2D eigenvalue weighted by atomic mass is 35.5. The minimum absolute atomic E-state index is 0.0142. The van der Waals surface area contributed by atoms with Gasteiger partial charge in [0.2, 0.25) is 23.6 Å². The number of carbonyl (C=O) groups excluding carboxylic acids is 5. The lowest BCUT2D eigenvalue weighted by molar-refractivity contribution is -0.144. The molecule has 5 aromatic carbocycles. The number of benzene rings is 5. The van der Waals surface area contributed by atoms with Gasteiger partial charge in [-0.3, -0.25) is 38.7 Å². The van der Waals surface area contributed by atoms with Gasteiger partial charge in [-0.15, -0.1) is 23.1 Å². The van der Waals surface area contributed by atoms with Crippen molar-refractivity contribution in [3.05, 3.63) is 160 Å². The van der Waals surface area contributed by atoms with Gasteiger partial charge >= 0.3 is 5.51 Å². The standard InChI is InChI=1S/C83H105ClF3N11O10S4/c1-56(58-20-22-60(23-21-58)76-57(2)88-55-110-76)89-79(102)72-17-14-37-97(72)80(103)77(81(3,4)5)91-74(99)18-12-7-8-13-19-75(100)98-52-66-47-67(98)51-96(66)54-82(6)36-34-70(59-24-28-63(84)29-25-59)62(49-82)50-94-39-41-95(42-40-94)65-30-26-61(27-31-65)78(101)92-112(106,107)69-32-33-71(73(48-69)111(104,105)83(85,86)87)90-64(35-38-93-43-45-108-46-44-93)53-109-68-15-10-9-11-16-68/h9-11,15-16,20-33,48,55-56,64,66-67,72,77,90H,7-8,12-14,17-19,34-47,49-54H2,1-6H3,(H,89,102)(H,91,99)(H,92,101)/t56-,64+,66-,67-,72-,77+,82?/m0/s1. The Kier molecular flexibility index (Phi) is 27.5. The van der Waals surface area contributed by atoms with E-state index in [1.807, 2.05) is 112 Å². The van der Waals surface area contributed by atoms with E-state index in [4.69, 9.17) is 16.3 Å². The lowest BCUT2D eigenvalue weighted by Gasteiger charge is -2.44. The van der Waals surface area contributed by atoms with Crippen LogP contribution in [0.4, 0.5) is 24.5 Å². The molecule has 5 aliphatic heterocycles. The Hall–Kier alpha value is -7.41. The van der Waals surface area contributed by atoms with Crippen LogP contribution >= 0.6 is 34.7 Å². The van der Waals surface area contributed by atoms with Crippen LogP contribution in [-0.4, -0.2) is 209 Å². The fraction of sp³-hybridized carbons (Fsp3) is 0.518.